The average Bonchev–Trinajstić information content (AvgIpc) is 3.50. The van der Waals surface area contributed by atoms with Crippen molar-refractivity contribution in [3.63, 3.8) is 0 Å². The lowest BCUT2D eigenvalue weighted by atomic mass is 10.1. The van der Waals surface area contributed by atoms with Crippen LogP contribution in [0, 0.1) is 0 Å². The molecule has 0 unspecified atom stereocenters. The number of rotatable bonds is 6. The standard InChI is InChI=1S/C18H22N4O3/c1-10(2)22-17-14(8-19-22)13(7-15(21-17)11-3-4-11)18(24)25-9-16(23)20-12-5-6-12/h7-8,10-12H,3-6,9H2,1-2H3,(H,20,23). The van der Waals surface area contributed by atoms with Crippen molar-refractivity contribution in [3.8, 4) is 0 Å². The number of amides is 1. The Morgan fingerprint density at radius 2 is 2.08 bits per heavy atom. The quantitative estimate of drug-likeness (QED) is 0.814. The molecule has 0 bridgehead atoms. The minimum Gasteiger partial charge on any atom is -0.452 e. The summed E-state index contributed by atoms with van der Waals surface area (Å²) in [5.74, 6) is -0.338. The molecule has 0 saturated heterocycles. The summed E-state index contributed by atoms with van der Waals surface area (Å²) in [7, 11) is 0. The smallest absolute Gasteiger partial charge is 0.339 e. The highest BCUT2D eigenvalue weighted by Gasteiger charge is 2.29. The Bertz CT molecular complexity index is 834. The summed E-state index contributed by atoms with van der Waals surface area (Å²) in [6.07, 6.45) is 5.84. The Morgan fingerprint density at radius 3 is 2.72 bits per heavy atom. The summed E-state index contributed by atoms with van der Waals surface area (Å²) in [4.78, 5) is 29.0. The highest BCUT2D eigenvalue weighted by molar-refractivity contribution is 6.03. The highest BCUT2D eigenvalue weighted by Crippen LogP contribution is 2.40. The van der Waals surface area contributed by atoms with Gasteiger partial charge in [-0.25, -0.2) is 14.5 Å². The predicted octanol–water partition coefficient (Wildman–Crippen LogP) is 2.33. The van der Waals surface area contributed by atoms with E-state index in [0.29, 0.717) is 22.5 Å². The number of carbonyl (C=O) groups is 2. The number of esters is 1. The number of hydrogen-bond donors (Lipinski definition) is 1. The van der Waals surface area contributed by atoms with Gasteiger partial charge in [-0.2, -0.15) is 5.10 Å². The molecule has 0 atom stereocenters. The van der Waals surface area contributed by atoms with Gasteiger partial charge in [-0.1, -0.05) is 0 Å². The number of pyridine rings is 1. The molecule has 2 aliphatic rings. The molecule has 1 amide bonds. The summed E-state index contributed by atoms with van der Waals surface area (Å²) in [5.41, 5.74) is 2.05. The first-order chi connectivity index (χ1) is 12.0. The second kappa shape index (κ2) is 6.13. The minimum atomic E-state index is -0.497. The molecule has 0 spiro atoms. The number of nitrogens with one attached hydrogen (secondary N) is 1. The first-order valence-electron chi connectivity index (χ1n) is 8.87. The third-order valence-electron chi connectivity index (χ3n) is 4.57. The van der Waals surface area contributed by atoms with Gasteiger partial charge in [0.25, 0.3) is 5.91 Å². The van der Waals surface area contributed by atoms with Crippen LogP contribution < -0.4 is 5.32 Å². The van der Waals surface area contributed by atoms with Crippen LogP contribution in [0.25, 0.3) is 11.0 Å². The van der Waals surface area contributed by atoms with Crippen LogP contribution in [0.15, 0.2) is 12.3 Å². The van der Waals surface area contributed by atoms with Crippen LogP contribution in [-0.4, -0.2) is 39.3 Å². The first kappa shape index (κ1) is 16.1. The van der Waals surface area contributed by atoms with Gasteiger partial charge < -0.3 is 10.1 Å². The lowest BCUT2D eigenvalue weighted by molar-refractivity contribution is -0.124. The van der Waals surface area contributed by atoms with Gasteiger partial charge in [0.2, 0.25) is 0 Å². The molecule has 2 aliphatic carbocycles. The third-order valence-corrected chi connectivity index (χ3v) is 4.57. The van der Waals surface area contributed by atoms with Gasteiger partial charge in [-0.15, -0.1) is 0 Å². The molecular formula is C18H22N4O3. The Kier molecular flexibility index (Phi) is 3.94. The molecule has 0 aromatic carbocycles. The van der Waals surface area contributed by atoms with Crippen molar-refractivity contribution in [2.45, 2.75) is 57.5 Å². The number of nitrogens with zero attached hydrogens (tertiary/aromatic N) is 3. The maximum Gasteiger partial charge on any atom is 0.339 e. The summed E-state index contributed by atoms with van der Waals surface area (Å²) in [6.45, 7) is 3.80. The maximum atomic E-state index is 12.6. The number of fused-ring (bicyclic) bond motifs is 1. The lowest BCUT2D eigenvalue weighted by Crippen LogP contribution is -2.30. The van der Waals surface area contributed by atoms with Crippen LogP contribution in [0.4, 0.5) is 0 Å². The van der Waals surface area contributed by atoms with E-state index < -0.39 is 5.97 Å². The van der Waals surface area contributed by atoms with E-state index in [9.17, 15) is 9.59 Å². The molecule has 2 fully saturated rings. The molecule has 1 N–H and O–H groups in total. The van der Waals surface area contributed by atoms with E-state index in [1.54, 1.807) is 12.3 Å². The number of carbonyl (C=O) groups excluding carboxylic acids is 2. The van der Waals surface area contributed by atoms with E-state index in [-0.39, 0.29) is 24.6 Å². The van der Waals surface area contributed by atoms with E-state index in [1.165, 1.54) is 0 Å². The van der Waals surface area contributed by atoms with E-state index in [4.69, 9.17) is 9.72 Å². The van der Waals surface area contributed by atoms with Crippen LogP contribution in [0.2, 0.25) is 0 Å². The monoisotopic (exact) mass is 342 g/mol. The average molecular weight is 342 g/mol. The molecule has 7 nitrogen and oxygen atoms in total. The van der Waals surface area contributed by atoms with Crippen molar-refractivity contribution in [3.05, 3.63) is 23.5 Å². The number of aromatic nitrogens is 3. The molecule has 7 heteroatoms. The largest absolute Gasteiger partial charge is 0.452 e. The van der Waals surface area contributed by atoms with Crippen molar-refractivity contribution in [2.75, 3.05) is 6.61 Å². The second-order valence-corrected chi connectivity index (χ2v) is 7.21. The zero-order valence-corrected chi connectivity index (χ0v) is 14.5. The first-order valence-corrected chi connectivity index (χ1v) is 8.87. The molecule has 132 valence electrons. The van der Waals surface area contributed by atoms with Gasteiger partial charge in [0.05, 0.1) is 17.1 Å². The SMILES string of the molecule is CC(C)n1ncc2c(C(=O)OCC(=O)NC3CC3)cc(C3CC3)nc21. The minimum absolute atomic E-state index is 0.146. The van der Waals surface area contributed by atoms with Gasteiger partial charge in [-0.05, 0) is 45.6 Å². The number of hydrogen-bond acceptors (Lipinski definition) is 5. The van der Waals surface area contributed by atoms with Gasteiger partial charge >= 0.3 is 5.97 Å². The lowest BCUT2D eigenvalue weighted by Gasteiger charge is -2.10. The van der Waals surface area contributed by atoms with Crippen molar-refractivity contribution in [1.82, 2.24) is 20.1 Å². The van der Waals surface area contributed by atoms with Crippen molar-refractivity contribution < 1.29 is 14.3 Å². The van der Waals surface area contributed by atoms with Crippen LogP contribution in [0.3, 0.4) is 0 Å². The van der Waals surface area contributed by atoms with E-state index in [2.05, 4.69) is 10.4 Å². The van der Waals surface area contributed by atoms with Gasteiger partial charge in [0, 0.05) is 23.7 Å². The van der Waals surface area contributed by atoms with Gasteiger partial charge in [0.1, 0.15) is 0 Å². The molecule has 2 aromatic heterocycles. The van der Waals surface area contributed by atoms with Crippen LogP contribution in [-0.2, 0) is 9.53 Å². The summed E-state index contributed by atoms with van der Waals surface area (Å²) >= 11 is 0. The van der Waals surface area contributed by atoms with Crippen LogP contribution in [0.5, 0.6) is 0 Å². The zero-order chi connectivity index (χ0) is 17.6. The molecule has 0 aliphatic heterocycles. The van der Waals surface area contributed by atoms with Crippen molar-refractivity contribution in [2.24, 2.45) is 0 Å². The van der Waals surface area contributed by atoms with Crippen molar-refractivity contribution in [1.29, 1.82) is 0 Å². The summed E-state index contributed by atoms with van der Waals surface area (Å²) in [5, 5.41) is 7.85. The predicted molar refractivity (Wildman–Crippen MR) is 91.3 cm³/mol. The molecule has 0 radical (unpaired) electrons. The molecule has 2 heterocycles. The van der Waals surface area contributed by atoms with E-state index in [0.717, 1.165) is 31.4 Å². The Balaban J connectivity index is 1.60. The Hall–Kier alpha value is -2.44. The zero-order valence-electron chi connectivity index (χ0n) is 14.5. The second-order valence-electron chi connectivity index (χ2n) is 7.21. The summed E-state index contributed by atoms with van der Waals surface area (Å²) < 4.78 is 7.05. The maximum absolute atomic E-state index is 12.6. The van der Waals surface area contributed by atoms with Gasteiger partial charge in [0.15, 0.2) is 12.3 Å². The molecule has 4 rings (SSSR count). The van der Waals surface area contributed by atoms with E-state index >= 15 is 0 Å². The Labute approximate surface area is 145 Å². The molecule has 25 heavy (non-hydrogen) atoms. The fourth-order valence-corrected chi connectivity index (χ4v) is 2.88. The third kappa shape index (κ3) is 3.36. The van der Waals surface area contributed by atoms with Crippen LogP contribution >= 0.6 is 0 Å². The molecule has 2 aromatic rings. The topological polar surface area (TPSA) is 86.1 Å². The fourth-order valence-electron chi connectivity index (χ4n) is 2.88. The van der Waals surface area contributed by atoms with Crippen LogP contribution in [0.1, 0.15) is 67.5 Å². The fraction of sp³-hybridized carbons (Fsp3) is 0.556. The van der Waals surface area contributed by atoms with Gasteiger partial charge in [-0.3, -0.25) is 4.79 Å². The summed E-state index contributed by atoms with van der Waals surface area (Å²) in [6, 6.07) is 2.20. The van der Waals surface area contributed by atoms with E-state index in [1.807, 2.05) is 18.5 Å². The normalized spacial score (nSPS) is 17.1. The molecule has 2 saturated carbocycles. The number of ether oxygens (including phenoxy) is 1. The van der Waals surface area contributed by atoms with Crippen molar-refractivity contribution >= 4 is 22.9 Å². The Morgan fingerprint density at radius 1 is 1.32 bits per heavy atom. The molecular weight excluding hydrogens is 320 g/mol. The highest BCUT2D eigenvalue weighted by atomic mass is 16.5.